The van der Waals surface area contributed by atoms with E-state index in [-0.39, 0.29) is 30.7 Å². The Hall–Kier alpha value is -0.320. The molecule has 0 spiro atoms. The summed E-state index contributed by atoms with van der Waals surface area (Å²) < 4.78 is 40.5. The maximum Gasteiger partial charge on any atom is 0.136 e. The van der Waals surface area contributed by atoms with Gasteiger partial charge in [0, 0.05) is 17.7 Å². The molecule has 0 N–H and O–H groups in total. The Morgan fingerprint density at radius 2 is 0.900 bits per heavy atom. The van der Waals surface area contributed by atoms with Gasteiger partial charge in [-0.2, -0.15) is 0 Å². The van der Waals surface area contributed by atoms with Gasteiger partial charge in [0.25, 0.3) is 0 Å². The van der Waals surface area contributed by atoms with Crippen molar-refractivity contribution in [1.82, 2.24) is 0 Å². The molecule has 0 saturated heterocycles. The van der Waals surface area contributed by atoms with Gasteiger partial charge in [-0.1, -0.05) is 58.0 Å². The fourth-order valence-electron chi connectivity index (χ4n) is 1.61. The standard InChI is InChI=1S/C12H2Cl5F3/c13-8-7(9(14)11(16)12(17)10(8)15)6-4(19)1-3(18)2-5(6)20/h1-2H. The number of hydrogen-bond donors (Lipinski definition) is 0. The summed E-state index contributed by atoms with van der Waals surface area (Å²) in [5.74, 6) is -3.47. The molecule has 0 aliphatic heterocycles. The van der Waals surface area contributed by atoms with Gasteiger partial charge < -0.3 is 0 Å². The molecule has 2 aromatic rings. The fourth-order valence-corrected chi connectivity index (χ4v) is 2.93. The minimum absolute atomic E-state index is 0.144. The molecule has 2 rings (SSSR count). The van der Waals surface area contributed by atoms with E-state index in [4.69, 9.17) is 58.0 Å². The second kappa shape index (κ2) is 5.82. The van der Waals surface area contributed by atoms with E-state index in [1.807, 2.05) is 0 Å². The third-order valence-corrected chi connectivity index (χ3v) is 4.74. The molecule has 0 atom stereocenters. The van der Waals surface area contributed by atoms with Crippen LogP contribution in [0.2, 0.25) is 25.1 Å². The Morgan fingerprint density at radius 1 is 0.550 bits per heavy atom. The topological polar surface area (TPSA) is 0 Å². The molecule has 0 amide bonds. The Bertz CT molecular complexity index is 663. The van der Waals surface area contributed by atoms with E-state index < -0.39 is 23.0 Å². The highest BCUT2D eigenvalue weighted by Crippen LogP contribution is 2.49. The zero-order valence-corrected chi connectivity index (χ0v) is 13.0. The second-order valence-corrected chi connectivity index (χ2v) is 5.58. The van der Waals surface area contributed by atoms with Crippen molar-refractivity contribution in [2.24, 2.45) is 0 Å². The molecule has 0 aliphatic carbocycles. The third kappa shape index (κ3) is 2.58. The summed E-state index contributed by atoms with van der Waals surface area (Å²) in [7, 11) is 0. The van der Waals surface area contributed by atoms with Crippen LogP contribution in [-0.2, 0) is 0 Å². The van der Waals surface area contributed by atoms with Crippen LogP contribution >= 0.6 is 58.0 Å². The maximum absolute atomic E-state index is 13.8. The highest BCUT2D eigenvalue weighted by Gasteiger charge is 2.25. The van der Waals surface area contributed by atoms with Crippen LogP contribution in [-0.4, -0.2) is 0 Å². The first-order valence-corrected chi connectivity index (χ1v) is 6.81. The molecule has 2 aromatic carbocycles. The van der Waals surface area contributed by atoms with E-state index in [0.29, 0.717) is 12.1 Å². The normalized spacial score (nSPS) is 11.0. The first kappa shape index (κ1) is 16.1. The van der Waals surface area contributed by atoms with Crippen LogP contribution in [0.3, 0.4) is 0 Å². The maximum atomic E-state index is 13.8. The summed E-state index contributed by atoms with van der Waals surface area (Å²) in [5, 5.41) is -1.12. The van der Waals surface area contributed by atoms with Crippen molar-refractivity contribution < 1.29 is 13.2 Å². The van der Waals surface area contributed by atoms with E-state index >= 15 is 0 Å². The average Bonchev–Trinajstić information content (AvgIpc) is 2.37. The van der Waals surface area contributed by atoms with Gasteiger partial charge >= 0.3 is 0 Å². The van der Waals surface area contributed by atoms with Gasteiger partial charge in [0.15, 0.2) is 0 Å². The van der Waals surface area contributed by atoms with E-state index in [9.17, 15) is 13.2 Å². The van der Waals surface area contributed by atoms with Gasteiger partial charge in [-0.25, -0.2) is 13.2 Å². The molecule has 0 saturated carbocycles. The molecule has 106 valence electrons. The largest absolute Gasteiger partial charge is 0.207 e. The fraction of sp³-hybridized carbons (Fsp3) is 0. The molecule has 8 heteroatoms. The van der Waals surface area contributed by atoms with Gasteiger partial charge in [0.05, 0.1) is 30.7 Å². The highest BCUT2D eigenvalue weighted by atomic mass is 35.5. The molecule has 0 aliphatic rings. The summed E-state index contributed by atoms with van der Waals surface area (Å²) in [4.78, 5) is 0. The molecule has 0 nitrogen and oxygen atoms in total. The van der Waals surface area contributed by atoms with Crippen molar-refractivity contribution in [3.63, 3.8) is 0 Å². The van der Waals surface area contributed by atoms with Gasteiger partial charge in [-0.3, -0.25) is 0 Å². The van der Waals surface area contributed by atoms with Gasteiger partial charge in [0.1, 0.15) is 17.5 Å². The lowest BCUT2D eigenvalue weighted by Gasteiger charge is -2.14. The van der Waals surface area contributed by atoms with Crippen LogP contribution in [0.25, 0.3) is 11.1 Å². The number of rotatable bonds is 1. The van der Waals surface area contributed by atoms with Crippen LogP contribution in [0, 0.1) is 17.5 Å². The van der Waals surface area contributed by atoms with Crippen molar-refractivity contribution in [2.75, 3.05) is 0 Å². The first-order chi connectivity index (χ1) is 9.25. The predicted molar refractivity (Wildman–Crippen MR) is 76.8 cm³/mol. The van der Waals surface area contributed by atoms with Gasteiger partial charge in [0.2, 0.25) is 0 Å². The third-order valence-electron chi connectivity index (χ3n) is 2.47. The summed E-state index contributed by atoms with van der Waals surface area (Å²) in [6.07, 6.45) is 0. The Morgan fingerprint density at radius 3 is 1.30 bits per heavy atom. The Labute approximate surface area is 137 Å². The lowest BCUT2D eigenvalue weighted by molar-refractivity contribution is 0.548. The van der Waals surface area contributed by atoms with Crippen molar-refractivity contribution in [2.45, 2.75) is 0 Å². The van der Waals surface area contributed by atoms with Crippen LogP contribution in [0.5, 0.6) is 0 Å². The smallest absolute Gasteiger partial charge is 0.136 e. The number of hydrogen-bond acceptors (Lipinski definition) is 0. The van der Waals surface area contributed by atoms with Crippen LogP contribution in [0.4, 0.5) is 13.2 Å². The lowest BCUT2D eigenvalue weighted by Crippen LogP contribution is -1.95. The lowest BCUT2D eigenvalue weighted by atomic mass is 10.0. The molecular formula is C12H2Cl5F3. The van der Waals surface area contributed by atoms with Crippen LogP contribution in [0.15, 0.2) is 12.1 Å². The Kier molecular flexibility index (Phi) is 4.67. The molecule has 0 fully saturated rings. The van der Waals surface area contributed by atoms with Crippen molar-refractivity contribution >= 4 is 58.0 Å². The predicted octanol–water partition coefficient (Wildman–Crippen LogP) is 7.04. The SMILES string of the molecule is Fc1cc(F)c(-c2c(Cl)c(Cl)c(Cl)c(Cl)c2Cl)c(F)c1. The van der Waals surface area contributed by atoms with E-state index in [1.165, 1.54) is 0 Å². The van der Waals surface area contributed by atoms with Crippen molar-refractivity contribution in [3.05, 3.63) is 54.7 Å². The molecule has 0 heterocycles. The van der Waals surface area contributed by atoms with Crippen molar-refractivity contribution in [3.8, 4) is 11.1 Å². The zero-order valence-electron chi connectivity index (χ0n) is 9.18. The summed E-state index contributed by atoms with van der Waals surface area (Å²) in [6.45, 7) is 0. The van der Waals surface area contributed by atoms with Gasteiger partial charge in [-0.15, -0.1) is 0 Å². The number of benzene rings is 2. The molecular weight excluding hydrogens is 378 g/mol. The monoisotopic (exact) mass is 378 g/mol. The molecule has 20 heavy (non-hydrogen) atoms. The van der Waals surface area contributed by atoms with Crippen molar-refractivity contribution in [1.29, 1.82) is 0 Å². The summed E-state index contributed by atoms with van der Waals surface area (Å²) in [6, 6.07) is 0.975. The Balaban J connectivity index is 2.91. The summed E-state index contributed by atoms with van der Waals surface area (Å²) in [5.41, 5.74) is -0.926. The molecule has 0 bridgehead atoms. The van der Waals surface area contributed by atoms with Crippen LogP contribution in [0.1, 0.15) is 0 Å². The molecule has 0 unspecified atom stereocenters. The highest BCUT2D eigenvalue weighted by molar-refractivity contribution is 6.56. The molecule has 0 radical (unpaired) electrons. The second-order valence-electron chi connectivity index (χ2n) is 3.69. The quantitative estimate of drug-likeness (QED) is 0.368. The average molecular weight is 380 g/mol. The number of halogens is 8. The van der Waals surface area contributed by atoms with E-state index in [1.54, 1.807) is 0 Å². The molecule has 0 aromatic heterocycles. The van der Waals surface area contributed by atoms with E-state index in [2.05, 4.69) is 0 Å². The van der Waals surface area contributed by atoms with E-state index in [0.717, 1.165) is 0 Å². The minimum Gasteiger partial charge on any atom is -0.207 e. The van der Waals surface area contributed by atoms with Gasteiger partial charge in [-0.05, 0) is 0 Å². The first-order valence-electron chi connectivity index (χ1n) is 4.92. The minimum atomic E-state index is -1.19. The summed E-state index contributed by atoms with van der Waals surface area (Å²) >= 11 is 29.2. The van der Waals surface area contributed by atoms with Crippen LogP contribution < -0.4 is 0 Å². The zero-order chi connectivity index (χ0) is 15.2.